The van der Waals surface area contributed by atoms with Gasteiger partial charge in [-0.25, -0.2) is 0 Å². The molecule has 1 aromatic carbocycles. The minimum absolute atomic E-state index is 0.159. The van der Waals surface area contributed by atoms with E-state index in [1.54, 1.807) is 12.1 Å². The second kappa shape index (κ2) is 6.72. The number of carbonyl (C=O) groups excluding carboxylic acids is 2. The first-order chi connectivity index (χ1) is 9.66. The van der Waals surface area contributed by atoms with Crippen LogP contribution in [0.5, 0.6) is 0 Å². The second-order valence-electron chi connectivity index (χ2n) is 6.22. The summed E-state index contributed by atoms with van der Waals surface area (Å²) in [6, 6.07) is 4.60. The molecule has 0 radical (unpaired) electrons. The van der Waals surface area contributed by atoms with Gasteiger partial charge in [0.15, 0.2) is 0 Å². The summed E-state index contributed by atoms with van der Waals surface area (Å²) in [5, 5.41) is 5.54. The summed E-state index contributed by atoms with van der Waals surface area (Å²) in [5.74, 6) is -0.410. The van der Waals surface area contributed by atoms with Gasteiger partial charge in [-0.05, 0) is 37.0 Å². The SMILES string of the molecule is CCNC(=O)c1ccc(C)c(NC(=O)[C@H](N)C(C)(C)C)c1. The molecule has 0 bridgehead atoms. The zero-order valence-electron chi connectivity index (χ0n) is 13.4. The Labute approximate surface area is 126 Å². The molecule has 0 fully saturated rings. The Hall–Kier alpha value is -1.88. The molecule has 0 unspecified atom stereocenters. The Morgan fingerprint density at radius 2 is 1.90 bits per heavy atom. The molecule has 0 aliphatic heterocycles. The third-order valence-electron chi connectivity index (χ3n) is 3.31. The van der Waals surface area contributed by atoms with Crippen molar-refractivity contribution in [2.75, 3.05) is 11.9 Å². The molecule has 1 aromatic rings. The van der Waals surface area contributed by atoms with Gasteiger partial charge in [-0.15, -0.1) is 0 Å². The van der Waals surface area contributed by atoms with Crippen LogP contribution in [0.3, 0.4) is 0 Å². The maximum absolute atomic E-state index is 12.2. The molecular weight excluding hydrogens is 266 g/mol. The van der Waals surface area contributed by atoms with Crippen molar-refractivity contribution in [3.8, 4) is 0 Å². The lowest BCUT2D eigenvalue weighted by molar-refractivity contribution is -0.119. The molecule has 5 nitrogen and oxygen atoms in total. The van der Waals surface area contributed by atoms with Gasteiger partial charge < -0.3 is 16.4 Å². The Balaban J connectivity index is 2.95. The van der Waals surface area contributed by atoms with Crippen molar-refractivity contribution in [3.05, 3.63) is 29.3 Å². The Bertz CT molecular complexity index is 533. The third-order valence-corrected chi connectivity index (χ3v) is 3.31. The fraction of sp³-hybridized carbons (Fsp3) is 0.500. The van der Waals surface area contributed by atoms with Crippen LogP contribution in [0.15, 0.2) is 18.2 Å². The van der Waals surface area contributed by atoms with E-state index in [1.807, 2.05) is 40.7 Å². The monoisotopic (exact) mass is 291 g/mol. The van der Waals surface area contributed by atoms with E-state index in [4.69, 9.17) is 5.73 Å². The van der Waals surface area contributed by atoms with Crippen molar-refractivity contribution < 1.29 is 9.59 Å². The zero-order chi connectivity index (χ0) is 16.2. The van der Waals surface area contributed by atoms with Crippen LogP contribution in [0.2, 0.25) is 0 Å². The fourth-order valence-electron chi connectivity index (χ4n) is 1.76. The summed E-state index contributed by atoms with van der Waals surface area (Å²) >= 11 is 0. The normalized spacial score (nSPS) is 12.7. The molecule has 1 atom stereocenters. The van der Waals surface area contributed by atoms with Crippen LogP contribution in [0, 0.1) is 12.3 Å². The van der Waals surface area contributed by atoms with Crippen LogP contribution in [-0.2, 0) is 4.79 Å². The van der Waals surface area contributed by atoms with Crippen LogP contribution in [0.25, 0.3) is 0 Å². The van der Waals surface area contributed by atoms with Gasteiger partial charge in [-0.1, -0.05) is 26.8 Å². The summed E-state index contributed by atoms with van der Waals surface area (Å²) in [5.41, 5.74) is 7.64. The number of hydrogen-bond donors (Lipinski definition) is 3. The molecule has 0 aromatic heterocycles. The number of hydrogen-bond acceptors (Lipinski definition) is 3. The molecule has 21 heavy (non-hydrogen) atoms. The van der Waals surface area contributed by atoms with Gasteiger partial charge in [0.05, 0.1) is 6.04 Å². The molecule has 0 heterocycles. The number of anilines is 1. The van der Waals surface area contributed by atoms with Gasteiger partial charge in [-0.3, -0.25) is 9.59 Å². The molecular formula is C16H25N3O2. The van der Waals surface area contributed by atoms with Gasteiger partial charge in [-0.2, -0.15) is 0 Å². The first kappa shape index (κ1) is 17.2. The molecule has 116 valence electrons. The summed E-state index contributed by atoms with van der Waals surface area (Å²) in [6.45, 7) is 10.0. The molecule has 1 rings (SSSR count). The highest BCUT2D eigenvalue weighted by Crippen LogP contribution is 2.21. The van der Waals surface area contributed by atoms with Crippen molar-refractivity contribution in [3.63, 3.8) is 0 Å². The molecule has 0 aliphatic rings. The van der Waals surface area contributed by atoms with Gasteiger partial charge in [0, 0.05) is 17.8 Å². The number of carbonyl (C=O) groups is 2. The number of nitrogens with two attached hydrogens (primary N) is 1. The topological polar surface area (TPSA) is 84.2 Å². The van der Waals surface area contributed by atoms with Crippen molar-refractivity contribution in [2.24, 2.45) is 11.1 Å². The predicted octanol–water partition coefficient (Wildman–Crippen LogP) is 2.06. The van der Waals surface area contributed by atoms with E-state index in [0.29, 0.717) is 17.8 Å². The van der Waals surface area contributed by atoms with Crippen molar-refractivity contribution in [1.82, 2.24) is 5.32 Å². The van der Waals surface area contributed by atoms with Crippen LogP contribution in [0.1, 0.15) is 43.6 Å². The van der Waals surface area contributed by atoms with Crippen molar-refractivity contribution in [1.29, 1.82) is 0 Å². The van der Waals surface area contributed by atoms with E-state index in [0.717, 1.165) is 5.56 Å². The smallest absolute Gasteiger partial charge is 0.251 e. The number of amides is 2. The quantitative estimate of drug-likeness (QED) is 0.794. The minimum Gasteiger partial charge on any atom is -0.352 e. The zero-order valence-corrected chi connectivity index (χ0v) is 13.4. The third kappa shape index (κ3) is 4.56. The summed E-state index contributed by atoms with van der Waals surface area (Å²) in [6.07, 6.45) is 0. The van der Waals surface area contributed by atoms with Crippen LogP contribution < -0.4 is 16.4 Å². The van der Waals surface area contributed by atoms with Crippen LogP contribution >= 0.6 is 0 Å². The first-order valence-electron chi connectivity index (χ1n) is 7.12. The minimum atomic E-state index is -0.620. The lowest BCUT2D eigenvalue weighted by atomic mass is 9.87. The summed E-state index contributed by atoms with van der Waals surface area (Å²) in [4.78, 5) is 24.0. The molecule has 0 spiro atoms. The average molecular weight is 291 g/mol. The van der Waals surface area contributed by atoms with Gasteiger partial charge in [0.25, 0.3) is 5.91 Å². The lowest BCUT2D eigenvalue weighted by Gasteiger charge is -2.26. The Morgan fingerprint density at radius 3 is 2.43 bits per heavy atom. The van der Waals surface area contributed by atoms with Crippen molar-refractivity contribution >= 4 is 17.5 Å². The van der Waals surface area contributed by atoms with Crippen LogP contribution in [0.4, 0.5) is 5.69 Å². The highest BCUT2D eigenvalue weighted by Gasteiger charge is 2.27. The number of rotatable bonds is 4. The van der Waals surface area contributed by atoms with E-state index >= 15 is 0 Å². The largest absolute Gasteiger partial charge is 0.352 e. The van der Waals surface area contributed by atoms with E-state index in [-0.39, 0.29) is 17.2 Å². The van der Waals surface area contributed by atoms with Gasteiger partial charge >= 0.3 is 0 Å². The molecule has 0 aliphatic carbocycles. The predicted molar refractivity (Wildman–Crippen MR) is 85.2 cm³/mol. The Kier molecular flexibility index (Phi) is 5.49. The number of aryl methyl sites for hydroxylation is 1. The Morgan fingerprint density at radius 1 is 1.29 bits per heavy atom. The molecule has 4 N–H and O–H groups in total. The molecule has 0 saturated carbocycles. The van der Waals surface area contributed by atoms with E-state index in [2.05, 4.69) is 10.6 Å². The average Bonchev–Trinajstić information content (AvgIpc) is 2.39. The molecule has 0 saturated heterocycles. The molecule has 5 heteroatoms. The summed E-state index contributed by atoms with van der Waals surface area (Å²) < 4.78 is 0. The fourth-order valence-corrected chi connectivity index (χ4v) is 1.76. The highest BCUT2D eigenvalue weighted by molar-refractivity contribution is 5.99. The second-order valence-corrected chi connectivity index (χ2v) is 6.22. The lowest BCUT2D eigenvalue weighted by Crippen LogP contribution is -2.45. The van der Waals surface area contributed by atoms with E-state index in [9.17, 15) is 9.59 Å². The van der Waals surface area contributed by atoms with Gasteiger partial charge in [0.1, 0.15) is 0 Å². The summed E-state index contributed by atoms with van der Waals surface area (Å²) in [7, 11) is 0. The standard InChI is InChI=1S/C16H25N3O2/c1-6-18-14(20)11-8-7-10(2)12(9-11)19-15(21)13(17)16(3,4)5/h7-9,13H,6,17H2,1-5H3,(H,18,20)(H,19,21)/t13-/m0/s1. The number of benzene rings is 1. The van der Waals surface area contributed by atoms with Crippen LogP contribution in [-0.4, -0.2) is 24.4 Å². The van der Waals surface area contributed by atoms with Crippen molar-refractivity contribution in [2.45, 2.75) is 40.7 Å². The van der Waals surface area contributed by atoms with E-state index in [1.165, 1.54) is 0 Å². The molecule has 2 amide bonds. The number of nitrogens with one attached hydrogen (secondary N) is 2. The first-order valence-corrected chi connectivity index (χ1v) is 7.12. The maximum Gasteiger partial charge on any atom is 0.251 e. The maximum atomic E-state index is 12.2. The van der Waals surface area contributed by atoms with E-state index < -0.39 is 6.04 Å². The van der Waals surface area contributed by atoms with Gasteiger partial charge in [0.2, 0.25) is 5.91 Å². The highest BCUT2D eigenvalue weighted by atomic mass is 16.2.